The second-order valence-electron chi connectivity index (χ2n) is 8.74. The van der Waals surface area contributed by atoms with Gasteiger partial charge in [0.05, 0.1) is 5.56 Å². The summed E-state index contributed by atoms with van der Waals surface area (Å²) in [7, 11) is 0. The monoisotopic (exact) mass is 420 g/mol. The van der Waals surface area contributed by atoms with Crippen LogP contribution in [0.1, 0.15) is 74.2 Å². The lowest BCUT2D eigenvalue weighted by molar-refractivity contribution is 0.0734. The Hall–Kier alpha value is -2.55. The van der Waals surface area contributed by atoms with Crippen molar-refractivity contribution in [1.29, 1.82) is 0 Å². The zero-order valence-electron chi connectivity index (χ0n) is 19.0. The van der Waals surface area contributed by atoms with E-state index in [1.54, 1.807) is 24.3 Å². The second kappa shape index (κ2) is 12.3. The Morgan fingerprint density at radius 2 is 1.61 bits per heavy atom. The zero-order chi connectivity index (χ0) is 21.9. The van der Waals surface area contributed by atoms with Gasteiger partial charge in [-0.3, -0.25) is 0 Å². The highest BCUT2D eigenvalue weighted by atomic mass is 16.5. The van der Waals surface area contributed by atoms with Crippen LogP contribution in [0.4, 0.5) is 0 Å². The molecule has 3 rings (SSSR count). The fourth-order valence-corrected chi connectivity index (χ4v) is 4.20. The SMILES string of the molecule is CCCCCC1CCC(/C=C/COc2ccc(C(=O)Oc3ccc(C)cc3)cc2)CC1. The smallest absolute Gasteiger partial charge is 0.343 e. The second-order valence-corrected chi connectivity index (χ2v) is 8.74. The van der Waals surface area contributed by atoms with Crippen molar-refractivity contribution in [3.63, 3.8) is 0 Å². The van der Waals surface area contributed by atoms with Gasteiger partial charge in [0, 0.05) is 0 Å². The highest BCUT2D eigenvalue weighted by molar-refractivity contribution is 5.91. The van der Waals surface area contributed by atoms with Crippen LogP contribution in [0, 0.1) is 18.8 Å². The maximum Gasteiger partial charge on any atom is 0.343 e. The van der Waals surface area contributed by atoms with E-state index in [0.29, 0.717) is 23.8 Å². The van der Waals surface area contributed by atoms with Crippen molar-refractivity contribution in [3.8, 4) is 11.5 Å². The molecule has 0 aliphatic heterocycles. The van der Waals surface area contributed by atoms with E-state index in [0.717, 1.165) is 17.2 Å². The minimum Gasteiger partial charge on any atom is -0.490 e. The number of carbonyl (C=O) groups is 1. The minimum atomic E-state index is -0.361. The van der Waals surface area contributed by atoms with E-state index in [1.165, 1.54) is 51.4 Å². The summed E-state index contributed by atoms with van der Waals surface area (Å²) >= 11 is 0. The first-order chi connectivity index (χ1) is 15.1. The predicted octanol–water partition coefficient (Wildman–Crippen LogP) is 7.54. The van der Waals surface area contributed by atoms with Crippen LogP contribution >= 0.6 is 0 Å². The zero-order valence-corrected chi connectivity index (χ0v) is 19.0. The summed E-state index contributed by atoms with van der Waals surface area (Å²) in [6, 6.07) is 14.6. The molecule has 0 radical (unpaired) electrons. The molecule has 0 amide bonds. The predicted molar refractivity (Wildman–Crippen MR) is 127 cm³/mol. The summed E-state index contributed by atoms with van der Waals surface area (Å²) in [6.45, 7) is 4.84. The molecular formula is C28H36O3. The Morgan fingerprint density at radius 1 is 0.935 bits per heavy atom. The van der Waals surface area contributed by atoms with Gasteiger partial charge in [-0.1, -0.05) is 62.5 Å². The minimum absolute atomic E-state index is 0.361. The first-order valence-corrected chi connectivity index (χ1v) is 11.8. The van der Waals surface area contributed by atoms with Gasteiger partial charge < -0.3 is 9.47 Å². The third-order valence-electron chi connectivity index (χ3n) is 6.18. The molecule has 0 N–H and O–H groups in total. The Kier molecular flexibility index (Phi) is 9.20. The van der Waals surface area contributed by atoms with Gasteiger partial charge in [-0.25, -0.2) is 4.79 Å². The molecule has 2 aromatic carbocycles. The summed E-state index contributed by atoms with van der Waals surface area (Å²) < 4.78 is 11.2. The molecule has 1 saturated carbocycles. The molecule has 1 fully saturated rings. The number of rotatable bonds is 10. The average Bonchev–Trinajstić information content (AvgIpc) is 2.80. The van der Waals surface area contributed by atoms with Gasteiger partial charge in [0.15, 0.2) is 0 Å². The fraction of sp³-hybridized carbons (Fsp3) is 0.464. The third-order valence-corrected chi connectivity index (χ3v) is 6.18. The summed E-state index contributed by atoms with van der Waals surface area (Å²) in [4.78, 5) is 12.3. The molecule has 3 nitrogen and oxygen atoms in total. The van der Waals surface area contributed by atoms with Crippen molar-refractivity contribution in [2.45, 2.75) is 65.2 Å². The molecule has 0 spiro atoms. The van der Waals surface area contributed by atoms with E-state index in [1.807, 2.05) is 31.2 Å². The maximum atomic E-state index is 12.3. The molecular weight excluding hydrogens is 384 g/mol. The Balaban J connectivity index is 1.36. The molecule has 0 unspecified atom stereocenters. The number of esters is 1. The number of benzene rings is 2. The van der Waals surface area contributed by atoms with Gasteiger partial charge in [0.25, 0.3) is 0 Å². The Bertz CT molecular complexity index is 812. The number of unbranched alkanes of at least 4 members (excludes halogenated alkanes) is 2. The number of aryl methyl sites for hydroxylation is 1. The molecule has 1 aliphatic rings. The number of hydrogen-bond acceptors (Lipinski definition) is 3. The Morgan fingerprint density at radius 3 is 2.29 bits per heavy atom. The van der Waals surface area contributed by atoms with Crippen LogP contribution in [0.3, 0.4) is 0 Å². The summed E-state index contributed by atoms with van der Waals surface area (Å²) in [5.74, 6) is 2.60. The van der Waals surface area contributed by atoms with Crippen LogP contribution in [0.2, 0.25) is 0 Å². The molecule has 166 valence electrons. The van der Waals surface area contributed by atoms with Crippen LogP contribution in [0.15, 0.2) is 60.7 Å². The molecule has 0 atom stereocenters. The first kappa shape index (κ1) is 23.1. The number of hydrogen-bond donors (Lipinski definition) is 0. The molecule has 0 heterocycles. The summed E-state index contributed by atoms with van der Waals surface area (Å²) in [6.07, 6.45) is 15.4. The van der Waals surface area contributed by atoms with E-state index in [9.17, 15) is 4.79 Å². The van der Waals surface area contributed by atoms with Gasteiger partial charge >= 0.3 is 5.97 Å². The molecule has 3 heteroatoms. The number of carbonyl (C=O) groups excluding carboxylic acids is 1. The number of allylic oxidation sites excluding steroid dienone is 1. The van der Waals surface area contributed by atoms with Crippen molar-refractivity contribution in [3.05, 3.63) is 71.8 Å². The van der Waals surface area contributed by atoms with Crippen molar-refractivity contribution in [2.24, 2.45) is 11.8 Å². The highest BCUT2D eigenvalue weighted by Gasteiger charge is 2.18. The van der Waals surface area contributed by atoms with Crippen molar-refractivity contribution in [2.75, 3.05) is 6.61 Å². The van der Waals surface area contributed by atoms with Crippen LogP contribution in [-0.4, -0.2) is 12.6 Å². The lowest BCUT2D eigenvalue weighted by Crippen LogP contribution is -2.13. The van der Waals surface area contributed by atoms with Crippen molar-refractivity contribution >= 4 is 5.97 Å². The molecule has 0 aromatic heterocycles. The third kappa shape index (κ3) is 7.90. The highest BCUT2D eigenvalue weighted by Crippen LogP contribution is 2.32. The van der Waals surface area contributed by atoms with Crippen LogP contribution in [-0.2, 0) is 0 Å². The molecule has 1 aliphatic carbocycles. The molecule has 0 saturated heterocycles. The van der Waals surface area contributed by atoms with Crippen LogP contribution < -0.4 is 9.47 Å². The van der Waals surface area contributed by atoms with Gasteiger partial charge in [0.1, 0.15) is 18.1 Å². The fourth-order valence-electron chi connectivity index (χ4n) is 4.20. The van der Waals surface area contributed by atoms with E-state index < -0.39 is 0 Å². The average molecular weight is 421 g/mol. The largest absolute Gasteiger partial charge is 0.490 e. The summed E-state index contributed by atoms with van der Waals surface area (Å²) in [5.41, 5.74) is 1.64. The first-order valence-electron chi connectivity index (χ1n) is 11.8. The Labute approximate surface area is 187 Å². The lowest BCUT2D eigenvalue weighted by Gasteiger charge is -2.26. The van der Waals surface area contributed by atoms with Gasteiger partial charge in [0.2, 0.25) is 0 Å². The quantitative estimate of drug-likeness (QED) is 0.172. The van der Waals surface area contributed by atoms with E-state index in [4.69, 9.17) is 9.47 Å². The topological polar surface area (TPSA) is 35.5 Å². The van der Waals surface area contributed by atoms with Crippen molar-refractivity contribution in [1.82, 2.24) is 0 Å². The van der Waals surface area contributed by atoms with Crippen LogP contribution in [0.5, 0.6) is 11.5 Å². The van der Waals surface area contributed by atoms with Crippen molar-refractivity contribution < 1.29 is 14.3 Å². The standard InChI is InChI=1S/C28H36O3/c1-3-4-5-7-23-11-13-24(14-12-23)8-6-21-30-26-19-15-25(16-20-26)28(29)31-27-17-9-22(2)10-18-27/h6,8-10,15-20,23-24H,3-5,7,11-14,21H2,1-2H3/b8-6+. The van der Waals surface area contributed by atoms with E-state index in [-0.39, 0.29) is 5.97 Å². The molecule has 2 aromatic rings. The number of ether oxygens (including phenoxy) is 2. The van der Waals surface area contributed by atoms with E-state index in [2.05, 4.69) is 19.1 Å². The summed E-state index contributed by atoms with van der Waals surface area (Å²) in [5, 5.41) is 0. The van der Waals surface area contributed by atoms with Gasteiger partial charge in [-0.05, 0) is 80.8 Å². The van der Waals surface area contributed by atoms with Gasteiger partial charge in [-0.2, -0.15) is 0 Å². The lowest BCUT2D eigenvalue weighted by atomic mass is 9.79. The van der Waals surface area contributed by atoms with E-state index >= 15 is 0 Å². The maximum absolute atomic E-state index is 12.3. The molecule has 31 heavy (non-hydrogen) atoms. The van der Waals surface area contributed by atoms with Crippen LogP contribution in [0.25, 0.3) is 0 Å². The normalized spacial score (nSPS) is 18.8. The molecule has 0 bridgehead atoms. The van der Waals surface area contributed by atoms with Gasteiger partial charge in [-0.15, -0.1) is 0 Å².